The van der Waals surface area contributed by atoms with Gasteiger partial charge in [-0.15, -0.1) is 0 Å². The average molecular weight is 879 g/mol. The van der Waals surface area contributed by atoms with Crippen LogP contribution in [0.25, 0.3) is 0 Å². The number of rotatable bonds is 11. The highest BCUT2D eigenvalue weighted by atomic mass is 32.2. The van der Waals surface area contributed by atoms with Gasteiger partial charge in [-0.1, -0.05) is 85.7 Å². The van der Waals surface area contributed by atoms with Gasteiger partial charge in [0.25, 0.3) is 0 Å². The predicted octanol–water partition coefficient (Wildman–Crippen LogP) is 9.71. The molecule has 9 rings (SSSR count). The second-order valence-electron chi connectivity index (χ2n) is 25.1. The van der Waals surface area contributed by atoms with Crippen LogP contribution >= 0.6 is 0 Å². The van der Waals surface area contributed by atoms with Gasteiger partial charge in [0.1, 0.15) is 6.67 Å². The Labute approximate surface area is 372 Å². The zero-order valence-corrected chi connectivity index (χ0v) is 40.1. The van der Waals surface area contributed by atoms with Crippen molar-refractivity contribution in [1.29, 1.82) is 0 Å². The van der Waals surface area contributed by atoms with Crippen LogP contribution in [0.15, 0.2) is 30.3 Å². The first-order valence-electron chi connectivity index (χ1n) is 24.7. The van der Waals surface area contributed by atoms with Crippen molar-refractivity contribution in [2.45, 2.75) is 157 Å². The summed E-state index contributed by atoms with van der Waals surface area (Å²) in [5.41, 5.74) is -0.255. The lowest BCUT2D eigenvalue weighted by molar-refractivity contribution is -0.270. The summed E-state index contributed by atoms with van der Waals surface area (Å²) >= 11 is 0. The van der Waals surface area contributed by atoms with Gasteiger partial charge in [0.15, 0.2) is 9.84 Å². The molecule has 0 radical (unpaired) electrons. The zero-order chi connectivity index (χ0) is 44.7. The number of nitrogens with zero attached hydrogens (tertiary/aromatic N) is 1. The highest BCUT2D eigenvalue weighted by Gasteiger charge is 2.78. The molecule has 13 atom stereocenters. The summed E-state index contributed by atoms with van der Waals surface area (Å²) in [6, 6.07) is 10.9. The lowest BCUT2D eigenvalue weighted by Gasteiger charge is -2.75. The number of sulfone groups is 1. The minimum absolute atomic E-state index is 0.0447. The first-order valence-corrected chi connectivity index (χ1v) is 26.5. The van der Waals surface area contributed by atoms with Gasteiger partial charge in [-0.05, 0) is 163 Å². The molecule has 0 bridgehead atoms. The second kappa shape index (κ2) is 14.5. The van der Waals surface area contributed by atoms with Gasteiger partial charge in [0, 0.05) is 25.2 Å². The third-order valence-corrected chi connectivity index (χ3v) is 24.4. The van der Waals surface area contributed by atoms with Crippen LogP contribution in [0, 0.1) is 78.8 Å². The van der Waals surface area contributed by atoms with Crippen LogP contribution < -0.4 is 5.32 Å². The molecule has 8 aliphatic rings. The molecule has 1 aromatic carbocycles. The molecule has 346 valence electrons. The van der Waals surface area contributed by atoms with E-state index in [1.165, 1.54) is 37.7 Å². The Balaban J connectivity index is 1.06. The van der Waals surface area contributed by atoms with Crippen LogP contribution in [0.4, 0.5) is 4.39 Å². The summed E-state index contributed by atoms with van der Waals surface area (Å²) in [4.78, 5) is 28.0. The summed E-state index contributed by atoms with van der Waals surface area (Å²) in [5.74, 6) is -0.414. The maximum Gasteiger partial charge on any atom is 0.310 e. The second-order valence-corrected chi connectivity index (χ2v) is 27.4. The Hall–Kier alpha value is -2.04. The fourth-order valence-electron chi connectivity index (χ4n) is 18.9. The average Bonchev–Trinajstić information content (AvgIpc) is 3.88. The number of carboxylic acid groups (broad SMARTS) is 2. The van der Waals surface area contributed by atoms with Gasteiger partial charge in [0.05, 0.1) is 28.9 Å². The molecule has 3 N–H and O–H groups in total. The quantitative estimate of drug-likeness (QED) is 0.201. The van der Waals surface area contributed by atoms with Crippen molar-refractivity contribution in [3.63, 3.8) is 0 Å². The zero-order valence-electron chi connectivity index (χ0n) is 39.3. The van der Waals surface area contributed by atoms with Gasteiger partial charge in [0.2, 0.25) is 0 Å². The van der Waals surface area contributed by atoms with E-state index >= 15 is 4.39 Å². The fourth-order valence-corrected chi connectivity index (χ4v) is 20.1. The van der Waals surface area contributed by atoms with Crippen molar-refractivity contribution in [2.24, 2.45) is 78.8 Å². The monoisotopic (exact) mass is 879 g/mol. The Bertz CT molecular complexity index is 2040. The van der Waals surface area contributed by atoms with E-state index in [9.17, 15) is 28.2 Å². The first-order chi connectivity index (χ1) is 28.9. The summed E-state index contributed by atoms with van der Waals surface area (Å²) in [7, 11) is -3.07. The number of aliphatic carboxylic acids is 2. The highest BCUT2D eigenvalue weighted by Crippen LogP contribution is 2.82. The van der Waals surface area contributed by atoms with Gasteiger partial charge >= 0.3 is 11.9 Å². The molecule has 0 amide bonds. The van der Waals surface area contributed by atoms with Gasteiger partial charge in [-0.3, -0.25) is 14.5 Å². The molecule has 1 saturated heterocycles. The number of carboxylic acids is 2. The molecule has 10 heteroatoms. The Morgan fingerprint density at radius 1 is 0.790 bits per heavy atom. The van der Waals surface area contributed by atoms with Crippen LogP contribution in [0.1, 0.15) is 144 Å². The maximum atomic E-state index is 15.1. The number of hydrogen-bond acceptors (Lipinski definition) is 6. The Morgan fingerprint density at radius 3 is 2.03 bits per heavy atom. The molecular formula is C52H79FN2O6S. The Kier molecular flexibility index (Phi) is 10.5. The van der Waals surface area contributed by atoms with Crippen LogP contribution in [-0.4, -0.2) is 84.9 Å². The van der Waals surface area contributed by atoms with Crippen molar-refractivity contribution < 1.29 is 32.6 Å². The fraction of sp³-hybridized carbons (Fsp3) is 0.846. The van der Waals surface area contributed by atoms with Gasteiger partial charge in [-0.25, -0.2) is 12.8 Å². The lowest BCUT2D eigenvalue weighted by atomic mass is 9.29. The number of nitrogens with one attached hydrogen (secondary N) is 1. The number of hydrogen-bond donors (Lipinski definition) is 3. The van der Waals surface area contributed by atoms with Crippen molar-refractivity contribution in [3.8, 4) is 0 Å². The van der Waals surface area contributed by atoms with Crippen molar-refractivity contribution in [2.75, 3.05) is 37.8 Å². The SMILES string of the molecule is CC1(C)[C@H]2CC[C@]3(C)[C@H](CC[C@@H]4[C@H]5[C@@](NC[C@@H](CF)N6CCS(=O)(=O)CC6)(CC[C@]5(Cc5ccccc5)C5(C)CC5)CC[C@]43C)[C@]2(C)CC[C@@H]1[C@@]1(C(=O)O)C[C@@H](C(=O)O)C1(C)C. The first kappa shape index (κ1) is 45.1. The van der Waals surface area contributed by atoms with E-state index in [0.717, 1.165) is 51.4 Å². The van der Waals surface area contributed by atoms with Gasteiger partial charge < -0.3 is 15.5 Å². The van der Waals surface area contributed by atoms with E-state index < -0.39 is 45.2 Å². The van der Waals surface area contributed by atoms with Crippen molar-refractivity contribution in [1.82, 2.24) is 10.2 Å². The summed E-state index contributed by atoms with van der Waals surface area (Å²) < 4.78 is 39.9. The van der Waals surface area contributed by atoms with E-state index in [2.05, 4.69) is 82.1 Å². The van der Waals surface area contributed by atoms with E-state index in [-0.39, 0.29) is 67.9 Å². The molecule has 1 heterocycles. The minimum atomic E-state index is -3.07. The molecule has 8 nitrogen and oxygen atoms in total. The topological polar surface area (TPSA) is 124 Å². The standard InChI is InChI=1S/C52H79FN2O6S/c1-44(2)38-17-19-49(8)40(47(38,6)18-16-39(44)52(43(58)59)31-37(42(56)57)45(52,3)4)15-14-36-41-50(46(5)20-21-46,30-34-12-10-9-11-13-34)23-25-51(41,24-22-48(36,49)7)54-33-35(32-53)55-26-28-62(60,61)29-27-55/h9-13,35-41,54H,14-33H2,1-8H3,(H,56,57)(H,58,59)/t35-,36-,37+,38-,39+,40-,41-,47-,48-,49-,50-,51+,52-/m1/s1. The molecule has 1 aromatic rings. The highest BCUT2D eigenvalue weighted by molar-refractivity contribution is 7.91. The maximum absolute atomic E-state index is 15.1. The summed E-state index contributed by atoms with van der Waals surface area (Å²) in [5, 5.41) is 25.5. The Morgan fingerprint density at radius 2 is 1.44 bits per heavy atom. The molecular weight excluding hydrogens is 800 g/mol. The number of halogens is 1. The smallest absolute Gasteiger partial charge is 0.310 e. The summed E-state index contributed by atoms with van der Waals surface area (Å²) in [6.45, 7) is 19.9. The molecule has 62 heavy (non-hydrogen) atoms. The van der Waals surface area contributed by atoms with E-state index in [1.54, 1.807) is 0 Å². The minimum Gasteiger partial charge on any atom is -0.481 e. The van der Waals surface area contributed by atoms with Crippen LogP contribution in [0.3, 0.4) is 0 Å². The summed E-state index contributed by atoms with van der Waals surface area (Å²) in [6.07, 6.45) is 14.6. The third-order valence-electron chi connectivity index (χ3n) is 22.8. The van der Waals surface area contributed by atoms with E-state index in [4.69, 9.17) is 0 Å². The molecule has 7 saturated carbocycles. The third kappa shape index (κ3) is 6.01. The molecule has 1 aliphatic heterocycles. The molecule has 0 spiro atoms. The van der Waals surface area contributed by atoms with Crippen LogP contribution in [0.2, 0.25) is 0 Å². The van der Waals surface area contributed by atoms with E-state index in [0.29, 0.717) is 43.3 Å². The number of benzene rings is 1. The van der Waals surface area contributed by atoms with Crippen LogP contribution in [-0.2, 0) is 25.8 Å². The van der Waals surface area contributed by atoms with Crippen LogP contribution in [0.5, 0.6) is 0 Å². The molecule has 8 fully saturated rings. The molecule has 0 unspecified atom stereocenters. The van der Waals surface area contributed by atoms with E-state index in [1.807, 2.05) is 13.8 Å². The van der Waals surface area contributed by atoms with Crippen molar-refractivity contribution >= 4 is 21.8 Å². The molecule has 7 aliphatic carbocycles. The normalized spacial score (nSPS) is 46.5. The van der Waals surface area contributed by atoms with Crippen molar-refractivity contribution in [3.05, 3.63) is 35.9 Å². The predicted molar refractivity (Wildman–Crippen MR) is 242 cm³/mol. The lowest BCUT2D eigenvalue weighted by Crippen LogP contribution is -2.72. The number of alkyl halides is 1. The molecule has 0 aromatic heterocycles. The number of carbonyl (C=O) groups is 2. The number of fused-ring (bicyclic) bond motifs is 7. The largest absolute Gasteiger partial charge is 0.481 e. The van der Waals surface area contributed by atoms with Gasteiger partial charge in [-0.2, -0.15) is 0 Å².